The third kappa shape index (κ3) is 10.3. The van der Waals surface area contributed by atoms with Gasteiger partial charge in [-0.05, 0) is 74.3 Å². The molecule has 0 radical (unpaired) electrons. The second kappa shape index (κ2) is 21.3. The van der Waals surface area contributed by atoms with Gasteiger partial charge in [0.15, 0.2) is 18.5 Å². The van der Waals surface area contributed by atoms with E-state index in [1.165, 1.54) is 55.8 Å². The number of amides is 3. The second-order valence-corrected chi connectivity index (χ2v) is 23.3. The Hall–Kier alpha value is -6.53. The summed E-state index contributed by atoms with van der Waals surface area (Å²) < 4.78 is 55.9. The number of benzene rings is 3. The minimum Gasteiger partial charge on any atom is -0.455 e. The van der Waals surface area contributed by atoms with E-state index in [1.807, 2.05) is 24.3 Å². The molecule has 0 bridgehead atoms. The number of aromatic nitrogens is 4. The molecule has 1 fully saturated rings. The number of alkyl carbamates (subject to hydrolysis) is 1. The van der Waals surface area contributed by atoms with Gasteiger partial charge in [0.1, 0.15) is 30.7 Å². The third-order valence-corrected chi connectivity index (χ3v) is 17.5. The number of ether oxygens (including phenoxy) is 3. The number of carbonyl (C=O) groups is 3. The van der Waals surface area contributed by atoms with Gasteiger partial charge in [-0.15, -0.1) is 0 Å². The number of nitrogens with one attached hydrogen (secondary N) is 3. The maximum atomic E-state index is 14.7. The molecule has 6 aliphatic rings. The largest absolute Gasteiger partial charge is 0.481 e. The van der Waals surface area contributed by atoms with Crippen molar-refractivity contribution in [2.24, 2.45) is 7.05 Å². The summed E-state index contributed by atoms with van der Waals surface area (Å²) in [5, 5.41) is 19.0. The minimum atomic E-state index is -5.51. The number of imidazole rings is 1. The van der Waals surface area contributed by atoms with Crippen LogP contribution in [0.1, 0.15) is 88.5 Å². The van der Waals surface area contributed by atoms with Crippen molar-refractivity contribution in [2.45, 2.75) is 88.7 Å². The maximum Gasteiger partial charge on any atom is 0.481 e. The number of phosphoric ester groups is 1. The topological polar surface area (TPSA) is 327 Å². The van der Waals surface area contributed by atoms with Crippen LogP contribution in [0.3, 0.4) is 0 Å². The molecule has 9 N–H and O–H groups in total. The number of rotatable bonds is 16. The Morgan fingerprint density at radius 3 is 2.49 bits per heavy atom. The molecule has 0 spiro atoms. The second-order valence-electron chi connectivity index (χ2n) is 20.5. The van der Waals surface area contributed by atoms with Crippen LogP contribution in [0.2, 0.25) is 0 Å². The number of carbonyl (C=O) groups excluding carboxylic acids is 3. The Labute approximate surface area is 446 Å². The Morgan fingerprint density at radius 2 is 1.69 bits per heavy atom. The predicted molar refractivity (Wildman–Crippen MR) is 279 cm³/mol. The molecule has 1 unspecified atom stereocenters. The van der Waals surface area contributed by atoms with Crippen molar-refractivity contribution in [1.82, 2.24) is 34.6 Å². The highest BCUT2D eigenvalue weighted by atomic mass is 31.3. The molecule has 5 atom stereocenters. The van der Waals surface area contributed by atoms with E-state index < -0.39 is 58.4 Å². The molecule has 3 amide bonds. The van der Waals surface area contributed by atoms with E-state index in [0.717, 1.165) is 111 Å². The highest BCUT2D eigenvalue weighted by Crippen LogP contribution is 2.58. The van der Waals surface area contributed by atoms with Crippen molar-refractivity contribution >= 4 is 61.9 Å². The highest BCUT2D eigenvalue weighted by molar-refractivity contribution is 7.60. The molecule has 3 aromatic carbocycles. The number of aromatic amines is 1. The zero-order valence-corrected chi connectivity index (χ0v) is 44.8. The van der Waals surface area contributed by atoms with E-state index >= 15 is 0 Å². The normalized spacial score (nSPS) is 20.9. The van der Waals surface area contributed by atoms with Crippen LogP contribution in [-0.2, 0) is 65.0 Å². The summed E-state index contributed by atoms with van der Waals surface area (Å²) in [6, 6.07) is 12.4. The Morgan fingerprint density at radius 1 is 0.962 bits per heavy atom. The van der Waals surface area contributed by atoms with Gasteiger partial charge in [-0.2, -0.15) is 4.31 Å². The number of fused-ring (bicyclic) bond motifs is 5. The molecular weight excluding hydrogens is 1050 g/mol. The molecular formula is C51H62N10O15P2+2. The van der Waals surface area contributed by atoms with Gasteiger partial charge in [0.05, 0.1) is 19.2 Å². The number of hydrogen-bond acceptors (Lipinski definition) is 15. The molecule has 0 aliphatic carbocycles. The van der Waals surface area contributed by atoms with E-state index in [9.17, 15) is 38.3 Å². The van der Waals surface area contributed by atoms with Crippen molar-refractivity contribution in [3.63, 3.8) is 0 Å². The quantitative estimate of drug-likeness (QED) is 0.0378. The first kappa shape index (κ1) is 53.5. The fraction of sp³-hybridized carbons (Fsp3) is 0.471. The van der Waals surface area contributed by atoms with Crippen LogP contribution in [0.4, 0.5) is 16.4 Å². The molecule has 1 saturated heterocycles. The van der Waals surface area contributed by atoms with Gasteiger partial charge in [-0.25, -0.2) is 23.1 Å². The van der Waals surface area contributed by atoms with Crippen molar-refractivity contribution in [3.05, 3.63) is 103 Å². The molecule has 11 rings (SSSR count). The first-order valence-corrected chi connectivity index (χ1v) is 29.2. The number of aliphatic hydroxyl groups excluding tert-OH is 1. The smallest absolute Gasteiger partial charge is 0.455 e. The zero-order valence-electron chi connectivity index (χ0n) is 43.0. The van der Waals surface area contributed by atoms with Crippen LogP contribution in [-0.4, -0.2) is 135 Å². The number of hydrogen-bond donors (Lipinski definition) is 8. The van der Waals surface area contributed by atoms with Crippen molar-refractivity contribution in [3.8, 4) is 11.5 Å². The minimum absolute atomic E-state index is 0.0211. The van der Waals surface area contributed by atoms with Crippen LogP contribution >= 0.6 is 15.6 Å². The lowest BCUT2D eigenvalue weighted by atomic mass is 9.81. The van der Waals surface area contributed by atoms with Crippen LogP contribution < -0.4 is 51.3 Å². The van der Waals surface area contributed by atoms with E-state index in [4.69, 9.17) is 34.3 Å². The zero-order chi connectivity index (χ0) is 54.8. The molecule has 414 valence electrons. The predicted octanol–water partition coefficient (Wildman–Crippen LogP) is 0.815. The molecule has 2 aromatic heterocycles. The molecule has 25 nitrogen and oxygen atoms in total. The number of H-pyrrole nitrogens is 1. The Kier molecular flexibility index (Phi) is 14.6. The number of aliphatic hydroxyl groups is 1. The molecule has 27 heteroatoms. The van der Waals surface area contributed by atoms with Crippen LogP contribution in [0.5, 0.6) is 11.5 Å². The fourth-order valence-corrected chi connectivity index (χ4v) is 13.7. The molecule has 0 saturated carbocycles. The van der Waals surface area contributed by atoms with Crippen molar-refractivity contribution < 1.29 is 70.9 Å². The molecule has 6 aliphatic heterocycles. The molecule has 5 aromatic rings. The van der Waals surface area contributed by atoms with Gasteiger partial charge < -0.3 is 60.2 Å². The van der Waals surface area contributed by atoms with E-state index in [-0.39, 0.29) is 55.0 Å². The lowest BCUT2D eigenvalue weighted by Crippen LogP contribution is -2.47. The van der Waals surface area contributed by atoms with Gasteiger partial charge >= 0.3 is 27.4 Å². The number of nitrogens with two attached hydrogens (primary N) is 1. The number of phosphoric acid groups is 2. The lowest BCUT2D eigenvalue weighted by Gasteiger charge is -2.39. The van der Waals surface area contributed by atoms with Crippen molar-refractivity contribution in [2.75, 3.05) is 70.1 Å². The Balaban J connectivity index is 0.744. The summed E-state index contributed by atoms with van der Waals surface area (Å²) in [5.41, 5.74) is 15.0. The van der Waals surface area contributed by atoms with Gasteiger partial charge in [0.25, 0.3) is 17.4 Å². The number of anilines is 2. The van der Waals surface area contributed by atoms with Crippen LogP contribution in [0.15, 0.2) is 47.5 Å². The highest BCUT2D eigenvalue weighted by Gasteiger charge is 2.51. The van der Waals surface area contributed by atoms with Crippen LogP contribution in [0.25, 0.3) is 16.7 Å². The standard InChI is InChI=1S/C51H60N10O15P2/c1-57(19-9-16-37(62)53-17-18-54-51(66)75-45-36(26-72-78(70,71)76-77(67,68)69)73-49(42(45)63)61-27-58(2)41-46(61)55-50(52)56-47(41)64)48(65)31-13-4-3-12-30(31)38-34-24-28-10-5-20-59-22-7-14-32(39(28)59)43(34)74-44-33-15-8-23-60-21-6-11-29(40(33)60)25-35(38)44/h3-4,12-13,24-25,27,36,42,45,49,63H,5-11,14-23,26H2,1-2H3,(H6-2,52,53,54,55,56,62,64,66,67,68,69,70,71)/p+2/t36-,42-,45-,49-/m1/s1. The summed E-state index contributed by atoms with van der Waals surface area (Å²) in [5.74, 6) is 1.02. The fourth-order valence-electron chi connectivity index (χ4n) is 12.1. The number of nitrogen functional groups attached to an aromatic ring is 1. The summed E-state index contributed by atoms with van der Waals surface area (Å²) in [6.07, 6.45) is 2.20. The first-order chi connectivity index (χ1) is 37.3. The van der Waals surface area contributed by atoms with Gasteiger partial charge in [0, 0.05) is 97.8 Å². The molecule has 78 heavy (non-hydrogen) atoms. The monoisotopic (exact) mass is 1120 g/mol. The number of nitrogens with zero attached hydrogens (tertiary/aromatic N) is 6. The van der Waals surface area contributed by atoms with E-state index in [0.29, 0.717) is 12.0 Å². The lowest BCUT2D eigenvalue weighted by molar-refractivity contribution is -0.745. The average molecular weight is 1120 g/mol. The summed E-state index contributed by atoms with van der Waals surface area (Å²) in [6.45, 7) is 3.21. The van der Waals surface area contributed by atoms with E-state index in [1.54, 1.807) is 11.9 Å². The third-order valence-electron chi connectivity index (χ3n) is 15.3. The van der Waals surface area contributed by atoms with Crippen molar-refractivity contribution in [1.29, 1.82) is 0 Å². The van der Waals surface area contributed by atoms with E-state index in [2.05, 4.69) is 46.5 Å². The summed E-state index contributed by atoms with van der Waals surface area (Å²) in [4.78, 5) is 92.3. The number of aryl methyl sites for hydroxylation is 3. The Bertz CT molecular complexity index is 3580. The van der Waals surface area contributed by atoms with Gasteiger partial charge in [-0.3, -0.25) is 28.5 Å². The first-order valence-electron chi connectivity index (χ1n) is 26.2. The molecule has 8 heterocycles. The maximum absolute atomic E-state index is 14.7. The van der Waals surface area contributed by atoms with Gasteiger partial charge in [0.2, 0.25) is 23.0 Å². The van der Waals surface area contributed by atoms with Crippen LogP contribution in [0, 0.1) is 0 Å². The van der Waals surface area contributed by atoms with Gasteiger partial charge in [-0.1, -0.05) is 23.2 Å². The summed E-state index contributed by atoms with van der Waals surface area (Å²) >= 11 is 0. The SMILES string of the molecule is CN(CCCC(=O)NCCNC(=O)O[C@H]1[C@@H](O)[C@H]([n+]2cn(C)c3c(=O)[nH]c(N)nc32)O[C@@H]1COP(=O)(O)OP(=O)(O)O)C(=O)c1ccccc1C1=c2cc3c4c(c2Oc2c1cc1c5c2CCCN5CCC1)CCC[N+]=4CCC3. The average Bonchev–Trinajstić information content (AvgIpc) is 4.05. The summed E-state index contributed by atoms with van der Waals surface area (Å²) in [7, 11) is -7.70.